The van der Waals surface area contributed by atoms with Gasteiger partial charge in [-0.2, -0.15) is 0 Å². The lowest BCUT2D eigenvalue weighted by molar-refractivity contribution is -0.122. The minimum atomic E-state index is -0.0160. The zero-order valence-corrected chi connectivity index (χ0v) is 12.9. The van der Waals surface area contributed by atoms with Crippen LogP contribution < -0.4 is 10.6 Å². The molecule has 1 saturated heterocycles. The number of halogens is 1. The number of hydrogen-bond acceptors (Lipinski definition) is 2. The number of nitrogens with one attached hydrogen (secondary N) is 2. The molecule has 0 spiro atoms. The van der Waals surface area contributed by atoms with Crippen molar-refractivity contribution in [1.82, 2.24) is 10.6 Å². The molecule has 1 heterocycles. The van der Waals surface area contributed by atoms with E-state index in [2.05, 4.69) is 17.6 Å². The minimum absolute atomic E-state index is 0. The third-order valence-corrected chi connectivity index (χ3v) is 3.88. The Kier molecular flexibility index (Phi) is 7.63. The summed E-state index contributed by atoms with van der Waals surface area (Å²) < 4.78 is 0. The third kappa shape index (κ3) is 4.80. The van der Waals surface area contributed by atoms with Crippen molar-refractivity contribution in [1.29, 1.82) is 0 Å². The van der Waals surface area contributed by atoms with Crippen LogP contribution in [0.25, 0.3) is 0 Å². The maximum absolute atomic E-state index is 12.2. The fraction of sp³-hybridized carbons (Fsp3) is 0.562. The topological polar surface area (TPSA) is 41.1 Å². The van der Waals surface area contributed by atoms with Crippen molar-refractivity contribution in [2.24, 2.45) is 0 Å². The van der Waals surface area contributed by atoms with Gasteiger partial charge in [0.05, 0.1) is 5.92 Å². The van der Waals surface area contributed by atoms with Gasteiger partial charge in [0.1, 0.15) is 0 Å². The highest BCUT2D eigenvalue weighted by Gasteiger charge is 2.19. The number of carbonyl (C=O) groups excluding carboxylic acids is 1. The molecule has 1 unspecified atom stereocenters. The van der Waals surface area contributed by atoms with E-state index in [0.717, 1.165) is 31.5 Å². The number of rotatable bonds is 6. The first-order valence-electron chi connectivity index (χ1n) is 7.37. The SMILES string of the molecule is CCC(C(=O)NCC[C@H]1CCCN1)c1ccccc1.Cl. The van der Waals surface area contributed by atoms with Crippen LogP contribution in [-0.2, 0) is 4.79 Å². The van der Waals surface area contributed by atoms with E-state index in [1.165, 1.54) is 12.8 Å². The fourth-order valence-corrected chi connectivity index (χ4v) is 2.75. The summed E-state index contributed by atoms with van der Waals surface area (Å²) in [5.41, 5.74) is 1.11. The Hall–Kier alpha value is -1.06. The van der Waals surface area contributed by atoms with Crippen LogP contribution in [0.5, 0.6) is 0 Å². The molecule has 1 aliphatic rings. The molecule has 112 valence electrons. The van der Waals surface area contributed by atoms with Gasteiger partial charge in [-0.1, -0.05) is 37.3 Å². The molecule has 4 heteroatoms. The second kappa shape index (κ2) is 8.98. The second-order valence-electron chi connectivity index (χ2n) is 5.24. The minimum Gasteiger partial charge on any atom is -0.356 e. The van der Waals surface area contributed by atoms with E-state index >= 15 is 0 Å². The lowest BCUT2D eigenvalue weighted by atomic mass is 9.95. The summed E-state index contributed by atoms with van der Waals surface area (Å²) in [5, 5.41) is 6.53. The summed E-state index contributed by atoms with van der Waals surface area (Å²) in [7, 11) is 0. The molecule has 0 saturated carbocycles. The van der Waals surface area contributed by atoms with Crippen LogP contribution in [0.3, 0.4) is 0 Å². The first-order chi connectivity index (χ1) is 9.31. The number of carbonyl (C=O) groups is 1. The van der Waals surface area contributed by atoms with Crippen LogP contribution in [0.4, 0.5) is 0 Å². The highest BCUT2D eigenvalue weighted by atomic mass is 35.5. The summed E-state index contributed by atoms with van der Waals surface area (Å²) in [6.07, 6.45) is 4.39. The summed E-state index contributed by atoms with van der Waals surface area (Å²) in [4.78, 5) is 12.2. The summed E-state index contributed by atoms with van der Waals surface area (Å²) in [6.45, 7) is 3.97. The Morgan fingerprint density at radius 1 is 1.40 bits per heavy atom. The Bertz CT molecular complexity index is 391. The van der Waals surface area contributed by atoms with E-state index in [0.29, 0.717) is 6.04 Å². The Labute approximate surface area is 127 Å². The summed E-state index contributed by atoms with van der Waals surface area (Å²) >= 11 is 0. The van der Waals surface area contributed by atoms with Gasteiger partial charge in [-0.25, -0.2) is 0 Å². The zero-order valence-electron chi connectivity index (χ0n) is 12.1. The Balaban J connectivity index is 0.00000200. The molecule has 0 aromatic heterocycles. The van der Waals surface area contributed by atoms with E-state index in [1.54, 1.807) is 0 Å². The average Bonchev–Trinajstić information content (AvgIpc) is 2.94. The highest BCUT2D eigenvalue weighted by Crippen LogP contribution is 2.19. The maximum atomic E-state index is 12.2. The van der Waals surface area contributed by atoms with Crippen molar-refractivity contribution in [2.75, 3.05) is 13.1 Å². The van der Waals surface area contributed by atoms with Crippen LogP contribution in [0, 0.1) is 0 Å². The lowest BCUT2D eigenvalue weighted by Gasteiger charge is -2.16. The van der Waals surface area contributed by atoms with Gasteiger partial charge >= 0.3 is 0 Å². The molecule has 0 radical (unpaired) electrons. The van der Waals surface area contributed by atoms with Gasteiger partial charge in [0, 0.05) is 12.6 Å². The molecule has 2 rings (SSSR count). The maximum Gasteiger partial charge on any atom is 0.227 e. The number of hydrogen-bond donors (Lipinski definition) is 2. The number of benzene rings is 1. The monoisotopic (exact) mass is 296 g/mol. The molecule has 1 aromatic carbocycles. The van der Waals surface area contributed by atoms with Gasteiger partial charge in [-0.05, 0) is 37.8 Å². The first kappa shape index (κ1) is 17.0. The van der Waals surface area contributed by atoms with E-state index in [9.17, 15) is 4.79 Å². The quantitative estimate of drug-likeness (QED) is 0.847. The van der Waals surface area contributed by atoms with Crippen molar-refractivity contribution in [2.45, 2.75) is 44.6 Å². The van der Waals surface area contributed by atoms with Gasteiger partial charge in [0.2, 0.25) is 5.91 Å². The van der Waals surface area contributed by atoms with Gasteiger partial charge in [0.25, 0.3) is 0 Å². The van der Waals surface area contributed by atoms with Gasteiger partial charge < -0.3 is 10.6 Å². The van der Waals surface area contributed by atoms with Gasteiger partial charge in [-0.15, -0.1) is 12.4 Å². The molecule has 0 bridgehead atoms. The normalized spacial score (nSPS) is 19.1. The smallest absolute Gasteiger partial charge is 0.227 e. The largest absolute Gasteiger partial charge is 0.356 e. The predicted octanol–water partition coefficient (Wildman–Crippen LogP) is 2.86. The molecule has 2 N–H and O–H groups in total. The predicted molar refractivity (Wildman–Crippen MR) is 85.4 cm³/mol. The van der Waals surface area contributed by atoms with Crippen LogP contribution in [0.15, 0.2) is 30.3 Å². The molecular weight excluding hydrogens is 272 g/mol. The Morgan fingerprint density at radius 2 is 2.15 bits per heavy atom. The molecule has 1 aliphatic heterocycles. The molecule has 0 aliphatic carbocycles. The Morgan fingerprint density at radius 3 is 2.75 bits per heavy atom. The van der Waals surface area contributed by atoms with Crippen molar-refractivity contribution in [3.8, 4) is 0 Å². The van der Waals surface area contributed by atoms with Gasteiger partial charge in [0.15, 0.2) is 0 Å². The van der Waals surface area contributed by atoms with Crippen molar-refractivity contribution < 1.29 is 4.79 Å². The first-order valence-corrected chi connectivity index (χ1v) is 7.37. The molecule has 20 heavy (non-hydrogen) atoms. The molecule has 3 nitrogen and oxygen atoms in total. The van der Waals surface area contributed by atoms with Crippen LogP contribution >= 0.6 is 12.4 Å². The average molecular weight is 297 g/mol. The van der Waals surface area contributed by atoms with Gasteiger partial charge in [-0.3, -0.25) is 4.79 Å². The number of amides is 1. The van der Waals surface area contributed by atoms with E-state index in [1.807, 2.05) is 30.3 Å². The molecular formula is C16H25ClN2O. The zero-order chi connectivity index (χ0) is 13.5. The highest BCUT2D eigenvalue weighted by molar-refractivity contribution is 5.85. The van der Waals surface area contributed by atoms with Crippen molar-refractivity contribution in [3.05, 3.63) is 35.9 Å². The van der Waals surface area contributed by atoms with Crippen molar-refractivity contribution in [3.63, 3.8) is 0 Å². The van der Waals surface area contributed by atoms with E-state index < -0.39 is 0 Å². The standard InChI is InChI=1S/C16H24N2O.ClH/c1-2-15(13-7-4-3-5-8-13)16(19)18-12-10-14-9-6-11-17-14;/h3-5,7-8,14-15,17H,2,6,9-12H2,1H3,(H,18,19);1H/t14-,15?;/m1./s1. The van der Waals surface area contributed by atoms with Crippen LogP contribution in [0.2, 0.25) is 0 Å². The van der Waals surface area contributed by atoms with E-state index in [4.69, 9.17) is 0 Å². The van der Waals surface area contributed by atoms with Crippen LogP contribution in [-0.4, -0.2) is 25.0 Å². The summed E-state index contributed by atoms with van der Waals surface area (Å²) in [5.74, 6) is 0.143. The summed E-state index contributed by atoms with van der Waals surface area (Å²) in [6, 6.07) is 10.6. The second-order valence-corrected chi connectivity index (χ2v) is 5.24. The fourth-order valence-electron chi connectivity index (χ4n) is 2.75. The molecule has 1 aromatic rings. The third-order valence-electron chi connectivity index (χ3n) is 3.88. The molecule has 2 atom stereocenters. The van der Waals surface area contributed by atoms with Crippen molar-refractivity contribution >= 4 is 18.3 Å². The molecule has 1 amide bonds. The van der Waals surface area contributed by atoms with E-state index in [-0.39, 0.29) is 24.2 Å². The lowest BCUT2D eigenvalue weighted by Crippen LogP contribution is -2.33. The molecule has 1 fully saturated rings. The van der Waals surface area contributed by atoms with Crippen LogP contribution in [0.1, 0.15) is 44.1 Å².